The predicted molar refractivity (Wildman–Crippen MR) is 417 cm³/mol. The molecule has 0 fully saturated rings. The number of benzene rings is 2. The van der Waals surface area contributed by atoms with Crippen molar-refractivity contribution in [2.45, 2.75) is 40.1 Å². The van der Waals surface area contributed by atoms with Gasteiger partial charge in [-0.25, -0.2) is 27.9 Å². The smallest absolute Gasteiger partial charge is 0.496 e. The van der Waals surface area contributed by atoms with Crippen molar-refractivity contribution in [3.63, 3.8) is 0 Å². The van der Waals surface area contributed by atoms with Crippen molar-refractivity contribution >= 4 is 85.5 Å². The minimum atomic E-state index is -3.06. The van der Waals surface area contributed by atoms with E-state index in [0.717, 1.165) is 6.54 Å². The molecule has 0 N–H and O–H groups in total. The van der Waals surface area contributed by atoms with E-state index in [9.17, 15) is 0 Å². The van der Waals surface area contributed by atoms with Crippen molar-refractivity contribution in [1.82, 2.24) is 60.7 Å². The number of hydrogen-bond donors (Lipinski definition) is 0. The Morgan fingerprint density at radius 1 is 0.352 bits per heavy atom. The topological polar surface area (TPSA) is 153 Å². The van der Waals surface area contributed by atoms with E-state index in [1.54, 1.807) is 0 Å². The van der Waals surface area contributed by atoms with Gasteiger partial charge in [-0.15, -0.1) is 11.6 Å². The van der Waals surface area contributed by atoms with E-state index in [-0.39, 0.29) is 12.4 Å². The van der Waals surface area contributed by atoms with Gasteiger partial charge in [-0.3, -0.25) is 42.1 Å². The summed E-state index contributed by atoms with van der Waals surface area (Å²) in [6, 6.07) is 20.6. The third-order valence-corrected chi connectivity index (χ3v) is 51.2. The molecule has 0 aliphatic carbocycles. The molecule has 0 amide bonds. The van der Waals surface area contributed by atoms with Gasteiger partial charge < -0.3 is 12.4 Å². The molecule has 34 heteroatoms. The first-order valence-electron chi connectivity index (χ1n) is 29.2. The van der Waals surface area contributed by atoms with Crippen molar-refractivity contribution in [2.24, 2.45) is 40.9 Å². The number of halogens is 2. The summed E-state index contributed by atoms with van der Waals surface area (Å²) in [5, 5.41) is 0. The third kappa shape index (κ3) is 27.9. The van der Waals surface area contributed by atoms with Crippen LogP contribution in [0.3, 0.4) is 0 Å². The molecule has 2 aromatic rings. The van der Waals surface area contributed by atoms with Gasteiger partial charge >= 0.3 is 15.4 Å². The third-order valence-electron chi connectivity index (χ3n) is 13.6. The van der Waals surface area contributed by atoms with E-state index in [1.165, 1.54) is 11.1 Å². The molecular weight excluding hydrogens is 1340 g/mol. The fraction of sp³-hybridized carbons (Fsp3) is 0.778. The van der Waals surface area contributed by atoms with Crippen molar-refractivity contribution in [2.75, 3.05) is 250 Å². The van der Waals surface area contributed by atoms with Crippen LogP contribution in [0.15, 0.2) is 102 Å². The molecule has 0 aliphatic rings. The Morgan fingerprint density at radius 3 is 0.864 bits per heavy atom. The average molecular weight is 1470 g/mol. The van der Waals surface area contributed by atoms with Gasteiger partial charge in [0.2, 0.25) is 15.0 Å². The molecule has 0 atom stereocenters. The van der Waals surface area contributed by atoms with Gasteiger partial charge in [0, 0.05) is 39.9 Å². The highest BCUT2D eigenvalue weighted by molar-refractivity contribution is 7.89. The Hall–Kier alpha value is 1.000. The molecular formula is C54H134Cl2N22P10. The summed E-state index contributed by atoms with van der Waals surface area (Å²) in [4.78, 5) is 0. The van der Waals surface area contributed by atoms with E-state index in [0.29, 0.717) is 5.88 Å². The minimum absolute atomic E-state index is 0. The first-order valence-corrected chi connectivity index (χ1v) is 50.7. The molecule has 0 unspecified atom stereocenters. The van der Waals surface area contributed by atoms with Gasteiger partial charge in [-0.2, -0.15) is 13.5 Å². The molecule has 0 saturated heterocycles. The van der Waals surface area contributed by atoms with Crippen LogP contribution < -0.4 is 12.4 Å². The summed E-state index contributed by atoms with van der Waals surface area (Å²) in [6.45, 7) is 31.1. The Morgan fingerprint density at radius 2 is 0.648 bits per heavy atom. The zero-order valence-corrected chi connectivity index (χ0v) is 73.7. The van der Waals surface area contributed by atoms with Crippen LogP contribution in [-0.4, -0.2) is 311 Å². The molecule has 0 spiro atoms. The van der Waals surface area contributed by atoms with Crippen LogP contribution in [0.1, 0.15) is 38.8 Å². The molecule has 88 heavy (non-hydrogen) atoms. The molecule has 524 valence electrons. The molecule has 0 aliphatic heterocycles. The minimum Gasteiger partial charge on any atom is -1.00 e. The highest BCUT2D eigenvalue weighted by Gasteiger charge is 2.52. The van der Waals surface area contributed by atoms with E-state index < -0.39 is 73.9 Å². The van der Waals surface area contributed by atoms with Crippen LogP contribution in [-0.2, 0) is 12.4 Å². The highest BCUT2D eigenvalue weighted by atomic mass is 35.5. The summed E-state index contributed by atoms with van der Waals surface area (Å²) in [7, 11) is 31.4. The van der Waals surface area contributed by atoms with Gasteiger partial charge in [-0.05, 0) is 261 Å². The lowest BCUT2D eigenvalue weighted by Crippen LogP contribution is -3.00. The maximum absolute atomic E-state index is 6.00. The largest absolute Gasteiger partial charge is 1.00 e. The number of nitrogens with zero attached hydrogens (tertiary/aromatic N) is 22. The van der Waals surface area contributed by atoms with E-state index in [4.69, 9.17) is 52.5 Å². The quantitative estimate of drug-likeness (QED) is 0.0724. The van der Waals surface area contributed by atoms with Gasteiger partial charge in [-0.1, -0.05) is 92.9 Å². The van der Waals surface area contributed by atoms with Crippen molar-refractivity contribution in [3.8, 4) is 0 Å². The molecule has 2 rings (SSSR count). The summed E-state index contributed by atoms with van der Waals surface area (Å²) < 4.78 is 79.9. The summed E-state index contributed by atoms with van der Waals surface area (Å²) >= 11 is 5.53. The molecule has 0 aromatic heterocycles. The Bertz CT molecular complexity index is 2710. The first kappa shape index (κ1) is 95.4. The summed E-state index contributed by atoms with van der Waals surface area (Å²) in [5.41, 5.74) is 2.42. The lowest BCUT2D eigenvalue weighted by Gasteiger charge is -2.42. The van der Waals surface area contributed by atoms with Crippen molar-refractivity contribution < 1.29 is 12.4 Å². The SMILES string of the molecule is CC.CC.CN(C)P(C)(=N[P+](N=P(C)(C)C)(N=P(C)(N(C)C)N(C)C)N=P(N(C)C)(N(C)C)N(C)Cc1ccccc1)N(C)C.CN=P(N=P(N=P(C)(C)C)(N=P(C)(N(C)C)N(C)C)N=P(C)(N(C)C)N(C)C)(N(C)C)N(C)C.ClCc1ccccc1.[Cl-]. The van der Waals surface area contributed by atoms with Crippen LogP contribution >= 0.6 is 85.5 Å². The van der Waals surface area contributed by atoms with Crippen molar-refractivity contribution in [3.05, 3.63) is 71.8 Å². The molecule has 0 radical (unpaired) electrons. The van der Waals surface area contributed by atoms with E-state index >= 15 is 0 Å². The number of alkyl halides is 1. The lowest BCUT2D eigenvalue weighted by molar-refractivity contribution is -0.0000214. The van der Waals surface area contributed by atoms with Crippen LogP contribution in [0.4, 0.5) is 0 Å². The summed E-state index contributed by atoms with van der Waals surface area (Å²) in [6.07, 6.45) is 0. The predicted octanol–water partition coefficient (Wildman–Crippen LogP) is 15.3. The van der Waals surface area contributed by atoms with Crippen LogP contribution in [0.25, 0.3) is 0 Å². The van der Waals surface area contributed by atoms with Gasteiger partial charge in [0.25, 0.3) is 0 Å². The van der Waals surface area contributed by atoms with Crippen LogP contribution in [0, 0.1) is 0 Å². The van der Waals surface area contributed by atoms with E-state index in [2.05, 4.69) is 306 Å². The van der Waals surface area contributed by atoms with Crippen molar-refractivity contribution in [1.29, 1.82) is 0 Å². The standard InChI is InChI=1S/C25H61N11P5.C18H54N11P5.C7H7Cl.2C2H6.ClH/c1-30(2)38(17,31(3)4)27-40(26-37(14,15)16,28-39(18,32(5)6)33(7)8)29-41(34(9)10,35(11)12)36(13)24-25-22-20-19-21-23-25;1-19-34(28(10)11,29(12)13)23-33(20-30(14,15)16,21-31(17,24(2)3)25(4)5)22-32(18,26(6)7)27(8)9;8-6-7-4-2-1-3-5-7;2*1-2;/h19-23H,24H2,1-18H3;1-18H3;1-5H,6H2;2*1-2H3;1H/q+1;;;;;/p-1. The maximum Gasteiger partial charge on any atom is 0.496 e. The average Bonchev–Trinajstić information content (AvgIpc) is 3.39. The molecule has 0 saturated carbocycles. The molecule has 0 heterocycles. The second-order valence-electron chi connectivity index (χ2n) is 24.5. The number of hydrogen-bond acceptors (Lipinski definition) is 5. The first-order chi connectivity index (χ1) is 39.5. The Kier molecular flexibility index (Phi) is 44.8. The van der Waals surface area contributed by atoms with Crippen LogP contribution in [0.5, 0.6) is 0 Å². The monoisotopic (exact) mass is 1470 g/mol. The van der Waals surface area contributed by atoms with Gasteiger partial charge in [0.15, 0.2) is 0 Å². The zero-order chi connectivity index (χ0) is 69.5. The Balaban J connectivity index is -0.000000675. The van der Waals surface area contributed by atoms with Crippen LogP contribution in [0.2, 0.25) is 0 Å². The second-order valence-corrected chi connectivity index (χ2v) is 60.2. The van der Waals surface area contributed by atoms with E-state index in [1.807, 2.05) is 93.3 Å². The lowest BCUT2D eigenvalue weighted by atomic mass is 10.2. The normalized spacial score (nSPS) is 13.2. The zero-order valence-electron chi connectivity index (χ0n) is 63.3. The molecule has 0 bridgehead atoms. The van der Waals surface area contributed by atoms with Gasteiger partial charge in [0.1, 0.15) is 29.4 Å². The Labute approximate surface area is 557 Å². The molecule has 2 aromatic carbocycles. The highest BCUT2D eigenvalue weighted by Crippen LogP contribution is 2.85. The fourth-order valence-electron chi connectivity index (χ4n) is 7.86. The summed E-state index contributed by atoms with van der Waals surface area (Å²) in [5.74, 6) is 0.612. The second kappa shape index (κ2) is 41.3. The van der Waals surface area contributed by atoms with Gasteiger partial charge in [0.05, 0.1) is 0 Å². The fourth-order valence-corrected chi connectivity index (χ4v) is 44.4. The number of rotatable bonds is 24. The maximum atomic E-state index is 6.00. The molecule has 22 nitrogen and oxygen atoms in total.